The van der Waals surface area contributed by atoms with Crippen molar-refractivity contribution in [3.05, 3.63) is 17.3 Å². The van der Waals surface area contributed by atoms with Gasteiger partial charge in [-0.3, -0.25) is 4.79 Å². The largest absolute Gasteiger partial charge is 0.481 e. The van der Waals surface area contributed by atoms with Crippen molar-refractivity contribution in [2.45, 2.75) is 52.6 Å². The molecule has 1 aromatic rings. The van der Waals surface area contributed by atoms with Gasteiger partial charge >= 0.3 is 12.0 Å². The normalized spacial score (nSPS) is 24.8. The van der Waals surface area contributed by atoms with Gasteiger partial charge in [-0.1, -0.05) is 6.42 Å². The van der Waals surface area contributed by atoms with Gasteiger partial charge in [0, 0.05) is 6.04 Å². The molecule has 2 unspecified atom stereocenters. The number of oxazole rings is 1. The van der Waals surface area contributed by atoms with E-state index in [4.69, 9.17) is 4.42 Å². The summed E-state index contributed by atoms with van der Waals surface area (Å²) in [5.41, 5.74) is -0.102. The van der Waals surface area contributed by atoms with E-state index in [1.807, 2.05) is 13.8 Å². The fourth-order valence-electron chi connectivity index (χ4n) is 2.63. The predicted octanol–water partition coefficient (Wildman–Crippen LogP) is 1.73. The number of carboxylic acids is 1. The van der Waals surface area contributed by atoms with Crippen LogP contribution < -0.4 is 10.6 Å². The molecule has 116 valence electrons. The lowest BCUT2D eigenvalue weighted by Crippen LogP contribution is -2.50. The maximum atomic E-state index is 11.9. The number of nitrogens with zero attached hydrogens (tertiary/aromatic N) is 1. The van der Waals surface area contributed by atoms with E-state index in [1.54, 1.807) is 6.92 Å². The van der Waals surface area contributed by atoms with Crippen molar-refractivity contribution in [1.82, 2.24) is 15.6 Å². The van der Waals surface area contributed by atoms with E-state index in [0.29, 0.717) is 18.7 Å². The van der Waals surface area contributed by atoms with Crippen LogP contribution in [0.25, 0.3) is 0 Å². The summed E-state index contributed by atoms with van der Waals surface area (Å²) in [7, 11) is 0. The SMILES string of the molecule is Cc1nc(CNC(=O)NC2CCCC2(C)C(=O)O)oc1C. The van der Waals surface area contributed by atoms with Gasteiger partial charge in [0.15, 0.2) is 0 Å². The van der Waals surface area contributed by atoms with E-state index in [2.05, 4.69) is 15.6 Å². The van der Waals surface area contributed by atoms with Crippen molar-refractivity contribution in [3.8, 4) is 0 Å². The number of aliphatic carboxylic acids is 1. The number of aromatic nitrogens is 1. The number of carbonyl (C=O) groups is 2. The highest BCUT2D eigenvalue weighted by atomic mass is 16.4. The van der Waals surface area contributed by atoms with Gasteiger partial charge in [-0.25, -0.2) is 9.78 Å². The summed E-state index contributed by atoms with van der Waals surface area (Å²) in [4.78, 5) is 27.4. The molecule has 0 bridgehead atoms. The van der Waals surface area contributed by atoms with Crippen LogP contribution in [0.4, 0.5) is 4.79 Å². The van der Waals surface area contributed by atoms with Crippen molar-refractivity contribution >= 4 is 12.0 Å². The molecule has 2 rings (SSSR count). The summed E-state index contributed by atoms with van der Waals surface area (Å²) in [5.74, 6) is 0.290. The fraction of sp³-hybridized carbons (Fsp3) is 0.643. The fourth-order valence-corrected chi connectivity index (χ4v) is 2.63. The molecule has 21 heavy (non-hydrogen) atoms. The topological polar surface area (TPSA) is 104 Å². The smallest absolute Gasteiger partial charge is 0.315 e. The maximum Gasteiger partial charge on any atom is 0.315 e. The standard InChI is InChI=1S/C14H21N3O4/c1-8-9(2)21-11(16-8)7-15-13(20)17-10-5-4-6-14(10,3)12(18)19/h10H,4-7H2,1-3H3,(H,18,19)(H2,15,17,20). The molecule has 7 heteroatoms. The Balaban J connectivity index is 1.88. The minimum Gasteiger partial charge on any atom is -0.481 e. The molecule has 2 amide bonds. The van der Waals surface area contributed by atoms with Gasteiger partial charge in [-0.15, -0.1) is 0 Å². The third-order valence-electron chi connectivity index (χ3n) is 4.22. The van der Waals surface area contributed by atoms with E-state index in [9.17, 15) is 14.7 Å². The van der Waals surface area contributed by atoms with Gasteiger partial charge < -0.3 is 20.2 Å². The number of rotatable bonds is 4. The summed E-state index contributed by atoms with van der Waals surface area (Å²) < 4.78 is 5.37. The Hall–Kier alpha value is -2.05. The lowest BCUT2D eigenvalue weighted by molar-refractivity contribution is -0.148. The second-order valence-electron chi connectivity index (χ2n) is 5.74. The van der Waals surface area contributed by atoms with Crippen LogP contribution in [-0.4, -0.2) is 28.1 Å². The Kier molecular flexibility index (Phi) is 4.20. The van der Waals surface area contributed by atoms with Crippen LogP contribution >= 0.6 is 0 Å². The molecule has 3 N–H and O–H groups in total. The van der Waals surface area contributed by atoms with Gasteiger partial charge in [0.25, 0.3) is 0 Å². The molecular weight excluding hydrogens is 274 g/mol. The second kappa shape index (κ2) is 5.75. The first-order valence-electron chi connectivity index (χ1n) is 7.03. The highest BCUT2D eigenvalue weighted by Gasteiger charge is 2.45. The van der Waals surface area contributed by atoms with Crippen LogP contribution in [0.15, 0.2) is 4.42 Å². The van der Waals surface area contributed by atoms with Crippen molar-refractivity contribution in [1.29, 1.82) is 0 Å². The van der Waals surface area contributed by atoms with E-state index in [0.717, 1.165) is 17.9 Å². The van der Waals surface area contributed by atoms with Crippen LogP contribution in [0.1, 0.15) is 43.5 Å². The molecule has 0 radical (unpaired) electrons. The Labute approximate surface area is 123 Å². The average Bonchev–Trinajstić information content (AvgIpc) is 2.93. The van der Waals surface area contributed by atoms with E-state index in [-0.39, 0.29) is 12.6 Å². The zero-order chi connectivity index (χ0) is 15.6. The number of nitrogens with one attached hydrogen (secondary N) is 2. The number of urea groups is 1. The number of carboxylic acid groups (broad SMARTS) is 1. The number of hydrogen-bond donors (Lipinski definition) is 3. The van der Waals surface area contributed by atoms with Crippen molar-refractivity contribution in [2.24, 2.45) is 5.41 Å². The minimum absolute atomic E-state index is 0.178. The molecule has 1 aliphatic rings. The Morgan fingerprint density at radius 1 is 1.48 bits per heavy atom. The summed E-state index contributed by atoms with van der Waals surface area (Å²) >= 11 is 0. The molecule has 1 aliphatic carbocycles. The van der Waals surface area contributed by atoms with Gasteiger partial charge in [-0.2, -0.15) is 0 Å². The van der Waals surface area contributed by atoms with Crippen LogP contribution in [0.5, 0.6) is 0 Å². The van der Waals surface area contributed by atoms with E-state index >= 15 is 0 Å². The molecule has 0 aromatic carbocycles. The van der Waals surface area contributed by atoms with Crippen molar-refractivity contribution in [2.75, 3.05) is 0 Å². The first-order chi connectivity index (χ1) is 9.83. The first kappa shape index (κ1) is 15.3. The summed E-state index contributed by atoms with van der Waals surface area (Å²) in [6, 6.07) is -0.758. The van der Waals surface area contributed by atoms with Crippen LogP contribution in [0.3, 0.4) is 0 Å². The molecule has 1 saturated carbocycles. The van der Waals surface area contributed by atoms with E-state index in [1.165, 1.54) is 0 Å². The Bertz CT molecular complexity index is 535. The summed E-state index contributed by atoms with van der Waals surface area (Å²) in [6.07, 6.45) is 2.05. The quantitative estimate of drug-likeness (QED) is 0.784. The molecule has 2 atom stereocenters. The van der Waals surface area contributed by atoms with Gasteiger partial charge in [0.1, 0.15) is 5.76 Å². The monoisotopic (exact) mass is 295 g/mol. The minimum atomic E-state index is -0.895. The van der Waals surface area contributed by atoms with Crippen LogP contribution in [0, 0.1) is 19.3 Å². The Morgan fingerprint density at radius 3 is 2.76 bits per heavy atom. The molecule has 1 heterocycles. The second-order valence-corrected chi connectivity index (χ2v) is 5.74. The van der Waals surface area contributed by atoms with E-state index < -0.39 is 17.4 Å². The third kappa shape index (κ3) is 3.17. The highest BCUT2D eigenvalue weighted by molar-refractivity contribution is 5.79. The number of hydrogen-bond acceptors (Lipinski definition) is 4. The maximum absolute atomic E-state index is 11.9. The highest BCUT2D eigenvalue weighted by Crippen LogP contribution is 2.38. The zero-order valence-electron chi connectivity index (χ0n) is 12.5. The lowest BCUT2D eigenvalue weighted by atomic mass is 9.85. The molecule has 0 aliphatic heterocycles. The molecule has 1 fully saturated rings. The summed E-state index contributed by atoms with van der Waals surface area (Å²) in [6.45, 7) is 5.49. The molecule has 7 nitrogen and oxygen atoms in total. The zero-order valence-corrected chi connectivity index (χ0v) is 12.5. The molecular formula is C14H21N3O4. The first-order valence-corrected chi connectivity index (χ1v) is 7.03. The van der Waals surface area contributed by atoms with Gasteiger partial charge in [-0.05, 0) is 33.6 Å². The van der Waals surface area contributed by atoms with Gasteiger partial charge in [0.05, 0.1) is 17.7 Å². The van der Waals surface area contributed by atoms with Crippen LogP contribution in [0.2, 0.25) is 0 Å². The summed E-state index contributed by atoms with van der Waals surface area (Å²) in [5, 5.41) is 14.7. The Morgan fingerprint density at radius 2 is 2.19 bits per heavy atom. The average molecular weight is 295 g/mol. The molecule has 1 aromatic heterocycles. The molecule has 0 spiro atoms. The number of amides is 2. The van der Waals surface area contributed by atoms with Gasteiger partial charge in [0.2, 0.25) is 5.89 Å². The number of aryl methyl sites for hydroxylation is 2. The predicted molar refractivity (Wildman–Crippen MR) is 74.7 cm³/mol. The van der Waals surface area contributed by atoms with Crippen molar-refractivity contribution in [3.63, 3.8) is 0 Å². The number of carbonyl (C=O) groups excluding carboxylic acids is 1. The third-order valence-corrected chi connectivity index (χ3v) is 4.22. The van der Waals surface area contributed by atoms with Crippen molar-refractivity contribution < 1.29 is 19.1 Å². The lowest BCUT2D eigenvalue weighted by Gasteiger charge is -2.27. The van der Waals surface area contributed by atoms with Crippen LogP contribution in [-0.2, 0) is 11.3 Å². The molecule has 0 saturated heterocycles.